The van der Waals surface area contributed by atoms with E-state index in [-0.39, 0.29) is 17.3 Å². The van der Waals surface area contributed by atoms with Gasteiger partial charge in [0.05, 0.1) is 22.9 Å². The number of methoxy groups -OCH3 is 1. The summed E-state index contributed by atoms with van der Waals surface area (Å²) in [5.74, 6) is -1.89. The van der Waals surface area contributed by atoms with Gasteiger partial charge >= 0.3 is 11.8 Å². The van der Waals surface area contributed by atoms with Gasteiger partial charge in [-0.2, -0.15) is 5.10 Å². The van der Waals surface area contributed by atoms with Crippen molar-refractivity contribution in [2.24, 2.45) is 0 Å². The van der Waals surface area contributed by atoms with Crippen LogP contribution in [0.5, 0.6) is 0 Å². The van der Waals surface area contributed by atoms with Crippen LogP contribution in [0.4, 0.5) is 5.82 Å². The number of rotatable bonds is 6. The number of aromatic nitrogens is 2. The highest BCUT2D eigenvalue weighted by atomic mass is 32.2. The summed E-state index contributed by atoms with van der Waals surface area (Å²) in [5, 5.41) is 9.35. The lowest BCUT2D eigenvalue weighted by molar-refractivity contribution is -0.136. The first-order valence-electron chi connectivity index (χ1n) is 8.36. The fourth-order valence-corrected chi connectivity index (χ4v) is 4.28. The first-order valence-corrected chi connectivity index (χ1v) is 10.2. The van der Waals surface area contributed by atoms with Gasteiger partial charge in [-0.05, 0) is 18.6 Å². The molecule has 10 heteroatoms. The molecule has 27 heavy (non-hydrogen) atoms. The molecule has 3 rings (SSSR count). The molecule has 0 bridgehead atoms. The lowest BCUT2D eigenvalue weighted by atomic mass is 10.2. The molecule has 0 aliphatic carbocycles. The van der Waals surface area contributed by atoms with Crippen LogP contribution in [0.2, 0.25) is 0 Å². The lowest BCUT2D eigenvalue weighted by Crippen LogP contribution is -2.36. The molecule has 9 nitrogen and oxygen atoms in total. The van der Waals surface area contributed by atoms with Gasteiger partial charge in [0.15, 0.2) is 9.84 Å². The number of hydrogen-bond acceptors (Lipinski definition) is 6. The van der Waals surface area contributed by atoms with Gasteiger partial charge in [-0.3, -0.25) is 9.59 Å². The maximum atomic E-state index is 12.3. The topological polar surface area (TPSA) is 119 Å². The molecule has 0 radical (unpaired) electrons. The zero-order chi connectivity index (χ0) is 19.4. The van der Waals surface area contributed by atoms with Crippen LogP contribution in [-0.2, 0) is 35.7 Å². The molecule has 0 saturated carbocycles. The highest BCUT2D eigenvalue weighted by Crippen LogP contribution is 2.32. The van der Waals surface area contributed by atoms with Crippen molar-refractivity contribution in [2.45, 2.75) is 17.9 Å². The summed E-state index contributed by atoms with van der Waals surface area (Å²) in [4.78, 5) is 24.3. The number of nitrogens with zero attached hydrogens (tertiary/aromatic N) is 2. The quantitative estimate of drug-likeness (QED) is 0.542. The molecular weight excluding hydrogens is 372 g/mol. The summed E-state index contributed by atoms with van der Waals surface area (Å²) >= 11 is 0. The smallest absolute Gasteiger partial charge is 0.314 e. The second kappa shape index (κ2) is 7.89. The van der Waals surface area contributed by atoms with Crippen molar-refractivity contribution in [2.75, 3.05) is 25.6 Å². The molecule has 0 saturated heterocycles. The van der Waals surface area contributed by atoms with Crippen molar-refractivity contribution in [3.63, 3.8) is 0 Å². The fourth-order valence-electron chi connectivity index (χ4n) is 2.79. The van der Waals surface area contributed by atoms with Crippen LogP contribution in [0, 0.1) is 0 Å². The second-order valence-corrected chi connectivity index (χ2v) is 8.17. The Kier molecular flexibility index (Phi) is 5.57. The van der Waals surface area contributed by atoms with Crippen molar-refractivity contribution < 1.29 is 22.7 Å². The highest BCUT2D eigenvalue weighted by Gasteiger charge is 2.33. The van der Waals surface area contributed by atoms with Crippen molar-refractivity contribution in [1.82, 2.24) is 15.1 Å². The lowest BCUT2D eigenvalue weighted by Gasteiger charge is -2.11. The predicted molar refractivity (Wildman–Crippen MR) is 98.0 cm³/mol. The van der Waals surface area contributed by atoms with Gasteiger partial charge in [-0.1, -0.05) is 18.2 Å². The number of hydrogen-bond donors (Lipinski definition) is 2. The van der Waals surface area contributed by atoms with Crippen LogP contribution in [0.25, 0.3) is 5.69 Å². The molecule has 0 fully saturated rings. The molecular formula is C17H20N4O5S. The largest absolute Gasteiger partial charge is 0.385 e. The summed E-state index contributed by atoms with van der Waals surface area (Å²) in [6.45, 7) is 0.762. The number of ether oxygens (including phenoxy) is 1. The van der Waals surface area contributed by atoms with E-state index >= 15 is 0 Å². The number of carbonyl (C=O) groups is 2. The molecule has 2 aromatic rings. The number of para-hydroxylation sites is 1. The van der Waals surface area contributed by atoms with Gasteiger partial charge in [0.2, 0.25) is 0 Å². The number of sulfone groups is 1. The molecule has 0 unspecified atom stereocenters. The number of carbonyl (C=O) groups excluding carboxylic acids is 2. The molecule has 2 amide bonds. The molecule has 1 aliphatic heterocycles. The van der Waals surface area contributed by atoms with Crippen LogP contribution in [0.1, 0.15) is 17.7 Å². The standard InChI is InChI=1S/C17H20N4O5S/c1-26-9-5-8-18-16(22)17(23)19-15-13-10-27(24,25)11-14(13)20-21(15)12-6-3-2-4-7-12/h2-4,6-7H,5,8-11H2,1H3,(H,18,22)(H,19,23). The Labute approximate surface area is 156 Å². The third kappa shape index (κ3) is 4.34. The third-order valence-electron chi connectivity index (χ3n) is 4.04. The first kappa shape index (κ1) is 19.1. The number of nitrogens with one attached hydrogen (secondary N) is 2. The maximum Gasteiger partial charge on any atom is 0.314 e. The molecule has 1 aromatic carbocycles. The monoisotopic (exact) mass is 392 g/mol. The Hall–Kier alpha value is -2.72. The maximum absolute atomic E-state index is 12.3. The highest BCUT2D eigenvalue weighted by molar-refractivity contribution is 7.90. The van der Waals surface area contributed by atoms with E-state index < -0.39 is 21.7 Å². The number of amides is 2. The third-order valence-corrected chi connectivity index (χ3v) is 5.48. The molecule has 2 heterocycles. The van der Waals surface area contributed by atoms with E-state index in [1.54, 1.807) is 31.4 Å². The van der Waals surface area contributed by atoms with Gasteiger partial charge in [0.25, 0.3) is 0 Å². The molecule has 144 valence electrons. The Morgan fingerprint density at radius 2 is 1.93 bits per heavy atom. The summed E-state index contributed by atoms with van der Waals surface area (Å²) in [5.41, 5.74) is 1.45. The number of fused-ring (bicyclic) bond motifs is 1. The second-order valence-electron chi connectivity index (χ2n) is 6.11. The van der Waals surface area contributed by atoms with Crippen LogP contribution in [0.3, 0.4) is 0 Å². The van der Waals surface area contributed by atoms with Crippen LogP contribution in [0.15, 0.2) is 30.3 Å². The predicted octanol–water partition coefficient (Wildman–Crippen LogP) is 0.392. The minimum Gasteiger partial charge on any atom is -0.385 e. The molecule has 2 N–H and O–H groups in total. The minimum atomic E-state index is -3.30. The van der Waals surface area contributed by atoms with E-state index in [1.165, 1.54) is 4.68 Å². The van der Waals surface area contributed by atoms with Crippen molar-refractivity contribution in [1.29, 1.82) is 0 Å². The fraction of sp³-hybridized carbons (Fsp3) is 0.353. The molecule has 0 atom stereocenters. The normalized spacial score (nSPS) is 14.6. The summed E-state index contributed by atoms with van der Waals surface area (Å²) in [7, 11) is -1.75. The Morgan fingerprint density at radius 1 is 1.19 bits per heavy atom. The van der Waals surface area contributed by atoms with E-state index in [0.717, 1.165) is 0 Å². The van der Waals surface area contributed by atoms with Crippen LogP contribution in [-0.4, -0.2) is 50.3 Å². The summed E-state index contributed by atoms with van der Waals surface area (Å²) in [6, 6.07) is 8.98. The van der Waals surface area contributed by atoms with E-state index in [2.05, 4.69) is 15.7 Å². The van der Waals surface area contributed by atoms with Gasteiger partial charge in [0.1, 0.15) is 5.82 Å². The van der Waals surface area contributed by atoms with Gasteiger partial charge < -0.3 is 15.4 Å². The number of anilines is 1. The van der Waals surface area contributed by atoms with Crippen molar-refractivity contribution in [3.05, 3.63) is 41.6 Å². The van der Waals surface area contributed by atoms with Crippen LogP contribution >= 0.6 is 0 Å². The van der Waals surface area contributed by atoms with E-state index in [9.17, 15) is 18.0 Å². The average molecular weight is 392 g/mol. The zero-order valence-corrected chi connectivity index (χ0v) is 15.6. The first-order chi connectivity index (χ1) is 12.9. The van der Waals surface area contributed by atoms with E-state index in [1.807, 2.05) is 6.07 Å². The minimum absolute atomic E-state index is 0.186. The van der Waals surface area contributed by atoms with Gasteiger partial charge in [0, 0.05) is 25.8 Å². The SMILES string of the molecule is COCCCNC(=O)C(=O)Nc1c2c(nn1-c1ccccc1)CS(=O)(=O)C2. The Bertz CT molecular complexity index is 953. The molecule has 1 aromatic heterocycles. The molecule has 1 aliphatic rings. The summed E-state index contributed by atoms with van der Waals surface area (Å²) in [6.07, 6.45) is 0.575. The van der Waals surface area contributed by atoms with Crippen molar-refractivity contribution >= 4 is 27.5 Å². The summed E-state index contributed by atoms with van der Waals surface area (Å²) < 4.78 is 30.2. The van der Waals surface area contributed by atoms with Crippen LogP contribution < -0.4 is 10.6 Å². The average Bonchev–Trinajstić information content (AvgIpc) is 3.12. The van der Waals surface area contributed by atoms with Crippen molar-refractivity contribution in [3.8, 4) is 5.69 Å². The van der Waals surface area contributed by atoms with E-state index in [4.69, 9.17) is 4.74 Å². The zero-order valence-electron chi connectivity index (χ0n) is 14.8. The Morgan fingerprint density at radius 3 is 2.63 bits per heavy atom. The van der Waals surface area contributed by atoms with E-state index in [0.29, 0.717) is 36.5 Å². The van der Waals surface area contributed by atoms with Gasteiger partial charge in [-0.25, -0.2) is 13.1 Å². The molecule has 0 spiro atoms. The number of benzene rings is 1. The van der Waals surface area contributed by atoms with Gasteiger partial charge in [-0.15, -0.1) is 0 Å². The Balaban J connectivity index is 1.83.